The smallest absolute Gasteiger partial charge is 0.311 e. The van der Waals surface area contributed by atoms with E-state index in [0.29, 0.717) is 19.3 Å². The molecule has 0 saturated heterocycles. The van der Waals surface area contributed by atoms with Crippen molar-refractivity contribution >= 4 is 11.9 Å². The quantitative estimate of drug-likeness (QED) is 0.518. The minimum atomic E-state index is -0.501. The monoisotopic (exact) mass is 239 g/mol. The fourth-order valence-corrected chi connectivity index (χ4v) is 1.58. The number of amides is 1. The molecule has 1 heterocycles. The first kappa shape index (κ1) is 13.7. The Balaban J connectivity index is 2.70. The highest BCUT2D eigenvalue weighted by Crippen LogP contribution is 2.23. The van der Waals surface area contributed by atoms with Crippen molar-refractivity contribution in [3.05, 3.63) is 12.2 Å². The van der Waals surface area contributed by atoms with Crippen LogP contribution in [-0.4, -0.2) is 24.5 Å². The van der Waals surface area contributed by atoms with Crippen LogP contribution in [0.3, 0.4) is 0 Å². The molecule has 1 amide bonds. The molecule has 0 unspecified atom stereocenters. The van der Waals surface area contributed by atoms with Crippen LogP contribution in [0.4, 0.5) is 0 Å². The number of esters is 1. The molecule has 1 aliphatic rings. The summed E-state index contributed by atoms with van der Waals surface area (Å²) in [5.74, 6) is -0.221. The standard InChI is InChI=1S/C13H21NO3/c1-10-9-17-12(16)13(2,3)8-6-4-5-7-11(15)14-10/h4,6,10H,5,7-9H2,1-3H3,(H,14,15)/b6-4+/t10-/m1/s1. The van der Waals surface area contributed by atoms with Crippen LogP contribution in [0.15, 0.2) is 12.2 Å². The van der Waals surface area contributed by atoms with Crippen molar-refractivity contribution in [3.63, 3.8) is 0 Å². The summed E-state index contributed by atoms with van der Waals surface area (Å²) in [5.41, 5.74) is -0.501. The highest BCUT2D eigenvalue weighted by molar-refractivity contribution is 5.77. The van der Waals surface area contributed by atoms with Crippen LogP contribution in [0.5, 0.6) is 0 Å². The first-order chi connectivity index (χ1) is 7.92. The van der Waals surface area contributed by atoms with Crippen molar-refractivity contribution in [1.29, 1.82) is 0 Å². The van der Waals surface area contributed by atoms with Crippen LogP contribution >= 0.6 is 0 Å². The number of allylic oxidation sites excluding steroid dienone is 2. The molecule has 4 heteroatoms. The van der Waals surface area contributed by atoms with Gasteiger partial charge in [-0.2, -0.15) is 0 Å². The van der Waals surface area contributed by atoms with Gasteiger partial charge in [-0.25, -0.2) is 0 Å². The number of cyclic esters (lactones) is 1. The molecule has 96 valence electrons. The summed E-state index contributed by atoms with van der Waals surface area (Å²) in [6.45, 7) is 5.81. The van der Waals surface area contributed by atoms with E-state index in [1.165, 1.54) is 0 Å². The van der Waals surface area contributed by atoms with Gasteiger partial charge in [-0.3, -0.25) is 9.59 Å². The Morgan fingerprint density at radius 1 is 1.35 bits per heavy atom. The average Bonchev–Trinajstić information content (AvgIpc) is 2.23. The van der Waals surface area contributed by atoms with Gasteiger partial charge in [0.25, 0.3) is 0 Å². The van der Waals surface area contributed by atoms with Crippen molar-refractivity contribution in [2.75, 3.05) is 6.61 Å². The summed E-state index contributed by atoms with van der Waals surface area (Å²) in [7, 11) is 0. The van der Waals surface area contributed by atoms with Crippen LogP contribution < -0.4 is 5.32 Å². The summed E-state index contributed by atoms with van der Waals surface area (Å²) >= 11 is 0. The highest BCUT2D eigenvalue weighted by Gasteiger charge is 2.28. The number of carbonyl (C=O) groups excluding carboxylic acids is 2. The predicted molar refractivity (Wildman–Crippen MR) is 65.3 cm³/mol. The third-order valence-corrected chi connectivity index (χ3v) is 2.76. The minimum absolute atomic E-state index is 0.00182. The van der Waals surface area contributed by atoms with Gasteiger partial charge in [-0.05, 0) is 33.6 Å². The van der Waals surface area contributed by atoms with E-state index in [1.54, 1.807) is 0 Å². The molecular formula is C13H21NO3. The summed E-state index contributed by atoms with van der Waals surface area (Å²) in [6, 6.07) is -0.134. The van der Waals surface area contributed by atoms with Gasteiger partial charge in [0.2, 0.25) is 5.91 Å². The van der Waals surface area contributed by atoms with Crippen LogP contribution in [-0.2, 0) is 14.3 Å². The zero-order chi connectivity index (χ0) is 12.9. The maximum atomic E-state index is 11.8. The van der Waals surface area contributed by atoms with Gasteiger partial charge >= 0.3 is 5.97 Å². The molecule has 4 nitrogen and oxygen atoms in total. The molecule has 0 bridgehead atoms. The molecule has 1 N–H and O–H groups in total. The molecule has 1 aliphatic heterocycles. The zero-order valence-electron chi connectivity index (χ0n) is 10.8. The Morgan fingerprint density at radius 3 is 2.76 bits per heavy atom. The molecular weight excluding hydrogens is 218 g/mol. The Morgan fingerprint density at radius 2 is 2.06 bits per heavy atom. The summed E-state index contributed by atoms with van der Waals surface area (Å²) < 4.78 is 5.20. The maximum Gasteiger partial charge on any atom is 0.311 e. The molecule has 0 aromatic heterocycles. The number of nitrogens with one attached hydrogen (secondary N) is 1. The van der Waals surface area contributed by atoms with Gasteiger partial charge in [0.05, 0.1) is 11.5 Å². The lowest BCUT2D eigenvalue weighted by Crippen LogP contribution is -2.38. The van der Waals surface area contributed by atoms with E-state index >= 15 is 0 Å². The first-order valence-corrected chi connectivity index (χ1v) is 6.03. The van der Waals surface area contributed by atoms with Crippen molar-refractivity contribution in [3.8, 4) is 0 Å². The normalized spacial score (nSPS) is 28.3. The van der Waals surface area contributed by atoms with E-state index in [4.69, 9.17) is 4.74 Å². The molecule has 0 fully saturated rings. The van der Waals surface area contributed by atoms with Gasteiger partial charge in [-0.1, -0.05) is 12.2 Å². The third-order valence-electron chi connectivity index (χ3n) is 2.76. The summed E-state index contributed by atoms with van der Waals surface area (Å²) in [4.78, 5) is 23.2. The van der Waals surface area contributed by atoms with Gasteiger partial charge < -0.3 is 10.1 Å². The van der Waals surface area contributed by atoms with E-state index in [1.807, 2.05) is 32.9 Å². The number of hydrogen-bond donors (Lipinski definition) is 1. The van der Waals surface area contributed by atoms with Crippen molar-refractivity contribution in [2.24, 2.45) is 5.41 Å². The number of carbonyl (C=O) groups is 2. The van der Waals surface area contributed by atoms with E-state index in [2.05, 4.69) is 5.32 Å². The Hall–Kier alpha value is -1.32. The lowest BCUT2D eigenvalue weighted by molar-refractivity contribution is -0.154. The molecule has 0 aromatic carbocycles. The van der Waals surface area contributed by atoms with E-state index in [9.17, 15) is 9.59 Å². The van der Waals surface area contributed by atoms with Gasteiger partial charge in [-0.15, -0.1) is 0 Å². The molecule has 1 rings (SSSR count). The van der Waals surface area contributed by atoms with E-state index in [-0.39, 0.29) is 24.5 Å². The number of hydrogen-bond acceptors (Lipinski definition) is 3. The van der Waals surface area contributed by atoms with Crippen LogP contribution in [0.2, 0.25) is 0 Å². The molecule has 0 saturated carbocycles. The topological polar surface area (TPSA) is 55.4 Å². The Bertz CT molecular complexity index is 321. The van der Waals surface area contributed by atoms with Crippen LogP contribution in [0, 0.1) is 5.41 Å². The van der Waals surface area contributed by atoms with Gasteiger partial charge in [0.15, 0.2) is 0 Å². The molecule has 0 aliphatic carbocycles. The lowest BCUT2D eigenvalue weighted by atomic mass is 9.89. The fourth-order valence-electron chi connectivity index (χ4n) is 1.58. The lowest BCUT2D eigenvalue weighted by Gasteiger charge is -2.23. The maximum absolute atomic E-state index is 11.8. The van der Waals surface area contributed by atoms with Crippen LogP contribution in [0.25, 0.3) is 0 Å². The Kier molecular flexibility index (Phi) is 4.73. The molecule has 0 spiro atoms. The second kappa shape index (κ2) is 5.84. The predicted octanol–water partition coefficient (Wildman–Crippen LogP) is 1.80. The molecule has 0 radical (unpaired) electrons. The Labute approximate surface area is 102 Å². The van der Waals surface area contributed by atoms with E-state index in [0.717, 1.165) is 0 Å². The SMILES string of the molecule is C[C@@H]1COC(=O)C(C)(C)C/C=C/CCC(=O)N1. The number of rotatable bonds is 0. The minimum Gasteiger partial charge on any atom is -0.463 e. The van der Waals surface area contributed by atoms with Crippen LogP contribution in [0.1, 0.15) is 40.0 Å². The summed E-state index contributed by atoms with van der Waals surface area (Å²) in [6.07, 6.45) is 5.72. The largest absolute Gasteiger partial charge is 0.463 e. The molecule has 0 aromatic rings. The summed E-state index contributed by atoms with van der Waals surface area (Å²) in [5, 5.41) is 2.80. The third kappa shape index (κ3) is 4.59. The fraction of sp³-hybridized carbons (Fsp3) is 0.692. The zero-order valence-corrected chi connectivity index (χ0v) is 10.8. The highest BCUT2D eigenvalue weighted by atomic mass is 16.5. The first-order valence-electron chi connectivity index (χ1n) is 6.03. The van der Waals surface area contributed by atoms with Gasteiger partial charge in [0.1, 0.15) is 6.61 Å². The number of ether oxygens (including phenoxy) is 1. The molecule has 17 heavy (non-hydrogen) atoms. The van der Waals surface area contributed by atoms with Crippen molar-refractivity contribution < 1.29 is 14.3 Å². The van der Waals surface area contributed by atoms with Crippen molar-refractivity contribution in [2.45, 2.75) is 46.1 Å². The molecule has 1 atom stereocenters. The second-order valence-corrected chi connectivity index (χ2v) is 5.17. The van der Waals surface area contributed by atoms with E-state index < -0.39 is 5.41 Å². The van der Waals surface area contributed by atoms with Gasteiger partial charge in [0, 0.05) is 6.42 Å². The van der Waals surface area contributed by atoms with Crippen molar-refractivity contribution in [1.82, 2.24) is 5.32 Å². The average molecular weight is 239 g/mol. The second-order valence-electron chi connectivity index (χ2n) is 5.17.